The number of ether oxygens (including phenoxy) is 1. The maximum absolute atomic E-state index is 12.1. The average molecular weight is 371 g/mol. The Bertz CT molecular complexity index is 913. The number of thioether (sulfide) groups is 1. The second-order valence-corrected chi connectivity index (χ2v) is 6.29. The van der Waals surface area contributed by atoms with Crippen molar-refractivity contribution in [2.24, 2.45) is 0 Å². The molecule has 0 saturated heterocycles. The molecule has 0 atom stereocenters. The summed E-state index contributed by atoms with van der Waals surface area (Å²) >= 11 is 1.27. The third-order valence-corrected chi connectivity index (χ3v) is 4.43. The van der Waals surface area contributed by atoms with Gasteiger partial charge >= 0.3 is 5.97 Å². The van der Waals surface area contributed by atoms with Gasteiger partial charge in [-0.3, -0.25) is 9.59 Å². The Morgan fingerprint density at radius 3 is 2.73 bits per heavy atom. The Morgan fingerprint density at radius 2 is 1.96 bits per heavy atom. The zero-order valence-electron chi connectivity index (χ0n) is 14.1. The van der Waals surface area contributed by atoms with E-state index in [1.807, 2.05) is 18.2 Å². The van der Waals surface area contributed by atoms with Crippen molar-refractivity contribution in [2.45, 2.75) is 11.4 Å². The SMILES string of the molecule is COC(=O)CSc1ccc2nnc(CCNC(=O)c3ccccc3)n2n1. The maximum Gasteiger partial charge on any atom is 0.316 e. The fraction of sp³-hybridized carbons (Fsp3) is 0.235. The summed E-state index contributed by atoms with van der Waals surface area (Å²) in [5.74, 6) is 0.361. The smallest absolute Gasteiger partial charge is 0.316 e. The van der Waals surface area contributed by atoms with Gasteiger partial charge in [-0.25, -0.2) is 0 Å². The van der Waals surface area contributed by atoms with Crippen LogP contribution in [0.15, 0.2) is 47.5 Å². The Balaban J connectivity index is 1.62. The first-order chi connectivity index (χ1) is 12.7. The highest BCUT2D eigenvalue weighted by Gasteiger charge is 2.10. The first kappa shape index (κ1) is 17.9. The molecule has 134 valence electrons. The molecule has 0 spiro atoms. The molecule has 0 aliphatic heterocycles. The molecule has 0 fully saturated rings. The van der Waals surface area contributed by atoms with E-state index < -0.39 is 0 Å². The maximum atomic E-state index is 12.1. The number of aromatic nitrogens is 4. The van der Waals surface area contributed by atoms with Crippen LogP contribution in [0.2, 0.25) is 0 Å². The molecule has 1 N–H and O–H groups in total. The largest absolute Gasteiger partial charge is 0.468 e. The van der Waals surface area contributed by atoms with Crippen LogP contribution in [-0.2, 0) is 16.0 Å². The summed E-state index contributed by atoms with van der Waals surface area (Å²) in [7, 11) is 1.35. The van der Waals surface area contributed by atoms with Crippen LogP contribution in [-0.4, -0.2) is 51.1 Å². The van der Waals surface area contributed by atoms with E-state index in [-0.39, 0.29) is 17.6 Å². The third-order valence-electron chi connectivity index (χ3n) is 3.54. The highest BCUT2D eigenvalue weighted by Crippen LogP contribution is 2.16. The predicted molar refractivity (Wildman–Crippen MR) is 96.0 cm³/mol. The number of hydrogen-bond acceptors (Lipinski definition) is 7. The van der Waals surface area contributed by atoms with Crippen molar-refractivity contribution in [1.29, 1.82) is 0 Å². The molecule has 2 aromatic heterocycles. The molecule has 0 saturated carbocycles. The monoisotopic (exact) mass is 371 g/mol. The average Bonchev–Trinajstić information content (AvgIpc) is 3.09. The summed E-state index contributed by atoms with van der Waals surface area (Å²) in [5, 5.41) is 16.1. The second-order valence-electron chi connectivity index (χ2n) is 5.29. The van der Waals surface area contributed by atoms with Crippen LogP contribution in [0.4, 0.5) is 0 Å². The lowest BCUT2D eigenvalue weighted by molar-refractivity contribution is -0.137. The quantitative estimate of drug-likeness (QED) is 0.494. The summed E-state index contributed by atoms with van der Waals surface area (Å²) in [6, 6.07) is 12.6. The predicted octanol–water partition coefficient (Wildman–Crippen LogP) is 1.36. The number of carbonyl (C=O) groups excluding carboxylic acids is 2. The van der Waals surface area contributed by atoms with Gasteiger partial charge in [0, 0.05) is 18.5 Å². The molecule has 1 aromatic carbocycles. The van der Waals surface area contributed by atoms with Gasteiger partial charge in [-0.15, -0.1) is 10.2 Å². The van der Waals surface area contributed by atoms with Gasteiger partial charge in [0.1, 0.15) is 5.03 Å². The van der Waals surface area contributed by atoms with Gasteiger partial charge in [-0.1, -0.05) is 30.0 Å². The number of methoxy groups -OCH3 is 1. The third kappa shape index (κ3) is 4.37. The van der Waals surface area contributed by atoms with Gasteiger partial charge in [0.05, 0.1) is 12.9 Å². The normalized spacial score (nSPS) is 10.7. The van der Waals surface area contributed by atoms with Crippen molar-refractivity contribution in [3.05, 3.63) is 53.9 Å². The highest BCUT2D eigenvalue weighted by molar-refractivity contribution is 7.99. The van der Waals surface area contributed by atoms with E-state index in [0.717, 1.165) is 0 Å². The summed E-state index contributed by atoms with van der Waals surface area (Å²) in [4.78, 5) is 23.3. The molecule has 0 aliphatic carbocycles. The number of nitrogens with one attached hydrogen (secondary N) is 1. The molecule has 8 nitrogen and oxygen atoms in total. The Labute approximate surface area is 154 Å². The molecule has 0 radical (unpaired) electrons. The molecule has 0 aliphatic rings. The van der Waals surface area contributed by atoms with Crippen molar-refractivity contribution in [1.82, 2.24) is 25.1 Å². The zero-order chi connectivity index (χ0) is 18.4. The van der Waals surface area contributed by atoms with Crippen LogP contribution in [0.1, 0.15) is 16.2 Å². The summed E-state index contributed by atoms with van der Waals surface area (Å²) in [5.41, 5.74) is 1.22. The molecule has 26 heavy (non-hydrogen) atoms. The minimum Gasteiger partial charge on any atom is -0.468 e. The van der Waals surface area contributed by atoms with Crippen LogP contribution in [0.25, 0.3) is 5.65 Å². The second kappa shape index (κ2) is 8.43. The Morgan fingerprint density at radius 1 is 1.15 bits per heavy atom. The molecule has 9 heteroatoms. The fourth-order valence-corrected chi connectivity index (χ4v) is 2.91. The van der Waals surface area contributed by atoms with E-state index in [1.165, 1.54) is 18.9 Å². The lowest BCUT2D eigenvalue weighted by atomic mass is 10.2. The highest BCUT2D eigenvalue weighted by atomic mass is 32.2. The summed E-state index contributed by atoms with van der Waals surface area (Å²) < 4.78 is 6.24. The van der Waals surface area contributed by atoms with E-state index in [4.69, 9.17) is 0 Å². The molecule has 2 heterocycles. The van der Waals surface area contributed by atoms with E-state index in [1.54, 1.807) is 28.8 Å². The number of nitrogens with zero attached hydrogens (tertiary/aromatic N) is 4. The topological polar surface area (TPSA) is 98.5 Å². The number of amides is 1. The van der Waals surface area contributed by atoms with E-state index in [9.17, 15) is 9.59 Å². The van der Waals surface area contributed by atoms with Crippen molar-refractivity contribution in [3.63, 3.8) is 0 Å². The lowest BCUT2D eigenvalue weighted by Crippen LogP contribution is -2.26. The molecule has 1 amide bonds. The van der Waals surface area contributed by atoms with Gasteiger partial charge in [0.2, 0.25) is 0 Å². The minimum atomic E-state index is -0.315. The zero-order valence-corrected chi connectivity index (χ0v) is 14.9. The fourth-order valence-electron chi connectivity index (χ4n) is 2.22. The number of carbonyl (C=O) groups is 2. The Hall–Kier alpha value is -2.94. The van der Waals surface area contributed by atoms with Crippen LogP contribution < -0.4 is 5.32 Å². The van der Waals surface area contributed by atoms with Gasteiger partial charge in [-0.05, 0) is 24.3 Å². The van der Waals surface area contributed by atoms with Gasteiger partial charge in [0.15, 0.2) is 11.5 Å². The van der Waals surface area contributed by atoms with E-state index in [2.05, 4.69) is 25.3 Å². The lowest BCUT2D eigenvalue weighted by Gasteiger charge is -2.05. The van der Waals surface area contributed by atoms with Gasteiger partial charge < -0.3 is 10.1 Å². The van der Waals surface area contributed by atoms with Crippen molar-refractivity contribution in [3.8, 4) is 0 Å². The minimum absolute atomic E-state index is 0.137. The van der Waals surface area contributed by atoms with E-state index >= 15 is 0 Å². The number of rotatable bonds is 7. The molecular formula is C17H17N5O3S. The standard InChI is InChI=1S/C17H17N5O3S/c1-25-16(23)11-26-15-8-7-13-19-20-14(22(13)21-15)9-10-18-17(24)12-5-3-2-4-6-12/h2-8H,9-11H2,1H3,(H,18,24). The molecule has 3 aromatic rings. The van der Waals surface area contributed by atoms with Crippen molar-refractivity contribution in [2.75, 3.05) is 19.4 Å². The summed E-state index contributed by atoms with van der Waals surface area (Å²) in [6.45, 7) is 0.412. The van der Waals surface area contributed by atoms with Crippen LogP contribution in [0.5, 0.6) is 0 Å². The Kier molecular flexibility index (Phi) is 5.80. The number of benzene rings is 1. The number of hydrogen-bond donors (Lipinski definition) is 1. The molecule has 3 rings (SSSR count). The first-order valence-electron chi connectivity index (χ1n) is 7.91. The molecule has 0 bridgehead atoms. The van der Waals surface area contributed by atoms with Crippen molar-refractivity contribution < 1.29 is 14.3 Å². The van der Waals surface area contributed by atoms with Gasteiger partial charge in [-0.2, -0.15) is 9.61 Å². The summed E-state index contributed by atoms with van der Waals surface area (Å²) in [6.07, 6.45) is 0.484. The number of esters is 1. The molecule has 0 unspecified atom stereocenters. The van der Waals surface area contributed by atoms with Crippen molar-refractivity contribution >= 4 is 29.3 Å². The van der Waals surface area contributed by atoms with Gasteiger partial charge in [0.25, 0.3) is 5.91 Å². The molecular weight excluding hydrogens is 354 g/mol. The first-order valence-corrected chi connectivity index (χ1v) is 8.90. The number of fused-ring (bicyclic) bond motifs is 1. The van der Waals surface area contributed by atoms with Crippen LogP contribution in [0, 0.1) is 0 Å². The van der Waals surface area contributed by atoms with Crippen LogP contribution >= 0.6 is 11.8 Å². The van der Waals surface area contributed by atoms with Crippen LogP contribution in [0.3, 0.4) is 0 Å². The van der Waals surface area contributed by atoms with E-state index in [0.29, 0.717) is 35.0 Å².